The SMILES string of the molecule is CC[C@H](CC[C@@H](C)[C@H]1CC[C@H]2[C@@H]3CC(=O)[C@H]4CC=CC[C@]4(C)[C@H]3CC[C@]12C)C(C)C. The maximum atomic E-state index is 13.2. The molecule has 0 radical (unpaired) electrons. The zero-order valence-electron chi connectivity index (χ0n) is 20.8. The molecule has 0 aromatic heterocycles. The van der Waals surface area contributed by atoms with E-state index in [0.29, 0.717) is 23.0 Å². The summed E-state index contributed by atoms with van der Waals surface area (Å²) in [6.45, 7) is 14.9. The number of hydrogen-bond acceptors (Lipinski definition) is 1. The van der Waals surface area contributed by atoms with Gasteiger partial charge in [-0.1, -0.05) is 66.5 Å². The molecule has 30 heavy (non-hydrogen) atoms. The van der Waals surface area contributed by atoms with E-state index in [2.05, 4.69) is 53.7 Å². The van der Waals surface area contributed by atoms with Gasteiger partial charge in [0.25, 0.3) is 0 Å². The molecule has 4 aliphatic carbocycles. The van der Waals surface area contributed by atoms with Gasteiger partial charge in [0.2, 0.25) is 0 Å². The van der Waals surface area contributed by atoms with Gasteiger partial charge in [0, 0.05) is 12.3 Å². The Kier molecular flexibility index (Phi) is 6.33. The number of fused-ring (bicyclic) bond motifs is 5. The van der Waals surface area contributed by atoms with Crippen molar-refractivity contribution in [3.05, 3.63) is 12.2 Å². The van der Waals surface area contributed by atoms with E-state index in [1.165, 1.54) is 44.9 Å². The van der Waals surface area contributed by atoms with Crippen molar-refractivity contribution in [1.82, 2.24) is 0 Å². The zero-order valence-corrected chi connectivity index (χ0v) is 20.8. The molecule has 0 amide bonds. The molecule has 0 N–H and O–H groups in total. The lowest BCUT2D eigenvalue weighted by molar-refractivity contribution is -0.149. The number of rotatable bonds is 6. The second kappa shape index (κ2) is 8.40. The third-order valence-electron chi connectivity index (χ3n) is 11.2. The lowest BCUT2D eigenvalue weighted by Crippen LogP contribution is -2.55. The van der Waals surface area contributed by atoms with Gasteiger partial charge in [-0.15, -0.1) is 0 Å². The van der Waals surface area contributed by atoms with Crippen LogP contribution in [0.1, 0.15) is 106 Å². The van der Waals surface area contributed by atoms with Crippen LogP contribution in [0.5, 0.6) is 0 Å². The third-order valence-corrected chi connectivity index (χ3v) is 11.2. The van der Waals surface area contributed by atoms with Gasteiger partial charge in [-0.25, -0.2) is 0 Å². The van der Waals surface area contributed by atoms with Crippen LogP contribution >= 0.6 is 0 Å². The first-order chi connectivity index (χ1) is 14.2. The van der Waals surface area contributed by atoms with Gasteiger partial charge in [0.05, 0.1) is 0 Å². The van der Waals surface area contributed by atoms with Crippen molar-refractivity contribution >= 4 is 5.78 Å². The van der Waals surface area contributed by atoms with E-state index >= 15 is 0 Å². The summed E-state index contributed by atoms with van der Waals surface area (Å²) >= 11 is 0. The van der Waals surface area contributed by atoms with Gasteiger partial charge < -0.3 is 0 Å². The molecule has 4 rings (SSSR count). The van der Waals surface area contributed by atoms with Gasteiger partial charge in [0.1, 0.15) is 5.78 Å². The Morgan fingerprint density at radius 3 is 2.43 bits per heavy atom. The molecule has 0 aliphatic heterocycles. The standard InChI is InChI=1S/C29H48O/c1-7-21(19(2)3)12-11-20(4)23-13-14-24-22-18-27(30)26-10-8-9-16-28(26,5)25(22)15-17-29(23,24)6/h8-9,19-26H,7,10-18H2,1-6H3/t20-,21-,22+,23-,24+,25+,26-,28-,29-/m1/s1. The summed E-state index contributed by atoms with van der Waals surface area (Å²) < 4.78 is 0. The number of ketones is 1. The molecule has 0 saturated heterocycles. The van der Waals surface area contributed by atoms with Crippen molar-refractivity contribution in [2.75, 3.05) is 0 Å². The van der Waals surface area contributed by atoms with E-state index in [0.717, 1.165) is 54.8 Å². The molecule has 1 heteroatoms. The van der Waals surface area contributed by atoms with Gasteiger partial charge in [-0.2, -0.15) is 0 Å². The first-order valence-corrected chi connectivity index (χ1v) is 13.4. The van der Waals surface area contributed by atoms with E-state index in [-0.39, 0.29) is 5.41 Å². The van der Waals surface area contributed by atoms with Gasteiger partial charge >= 0.3 is 0 Å². The van der Waals surface area contributed by atoms with Gasteiger partial charge in [0.15, 0.2) is 0 Å². The Bertz CT molecular complexity index is 661. The minimum Gasteiger partial charge on any atom is -0.299 e. The number of allylic oxidation sites excluding steroid dienone is 2. The summed E-state index contributed by atoms with van der Waals surface area (Å²) in [5.41, 5.74) is 0.722. The van der Waals surface area contributed by atoms with Crippen LogP contribution in [0.3, 0.4) is 0 Å². The maximum absolute atomic E-state index is 13.2. The van der Waals surface area contributed by atoms with Crippen LogP contribution in [0.4, 0.5) is 0 Å². The summed E-state index contributed by atoms with van der Waals surface area (Å²) in [5.74, 6) is 6.57. The summed E-state index contributed by atoms with van der Waals surface area (Å²) in [6.07, 6.45) is 17.4. The number of Topliss-reactive ketones (excluding diaryl/α,β-unsaturated/α-hetero) is 1. The quantitative estimate of drug-likeness (QED) is 0.403. The number of carbonyl (C=O) groups excluding carboxylic acids is 1. The van der Waals surface area contributed by atoms with E-state index in [9.17, 15) is 4.79 Å². The topological polar surface area (TPSA) is 17.1 Å². The lowest BCUT2D eigenvalue weighted by atomic mass is 9.45. The first kappa shape index (κ1) is 22.6. The average Bonchev–Trinajstić information content (AvgIpc) is 3.05. The first-order valence-electron chi connectivity index (χ1n) is 13.4. The van der Waals surface area contributed by atoms with E-state index < -0.39 is 0 Å². The molecule has 0 aromatic rings. The minimum absolute atomic E-state index is 0.241. The van der Waals surface area contributed by atoms with Crippen LogP contribution < -0.4 is 0 Å². The molecule has 0 unspecified atom stereocenters. The molecule has 3 fully saturated rings. The van der Waals surface area contributed by atoms with Crippen molar-refractivity contribution in [2.24, 2.45) is 58.2 Å². The van der Waals surface area contributed by atoms with E-state index in [1.807, 2.05) is 0 Å². The second-order valence-electron chi connectivity index (χ2n) is 12.7. The Balaban J connectivity index is 1.49. The maximum Gasteiger partial charge on any atom is 0.137 e. The normalized spacial score (nSPS) is 45.0. The fraction of sp³-hybridized carbons (Fsp3) is 0.897. The highest BCUT2D eigenvalue weighted by Crippen LogP contribution is 2.67. The Morgan fingerprint density at radius 2 is 1.73 bits per heavy atom. The second-order valence-corrected chi connectivity index (χ2v) is 12.7. The molecule has 0 aromatic carbocycles. The van der Waals surface area contributed by atoms with E-state index in [1.54, 1.807) is 0 Å². The molecule has 0 spiro atoms. The van der Waals surface area contributed by atoms with Gasteiger partial charge in [-0.3, -0.25) is 4.79 Å². The fourth-order valence-corrected chi connectivity index (χ4v) is 9.32. The zero-order chi connectivity index (χ0) is 21.7. The van der Waals surface area contributed by atoms with Crippen LogP contribution in [-0.4, -0.2) is 5.78 Å². The van der Waals surface area contributed by atoms with Crippen LogP contribution in [0, 0.1) is 58.2 Å². The third kappa shape index (κ3) is 3.55. The molecule has 4 aliphatic rings. The van der Waals surface area contributed by atoms with Crippen LogP contribution in [0.25, 0.3) is 0 Å². The summed E-state index contributed by atoms with van der Waals surface area (Å²) in [6, 6.07) is 0. The predicted octanol–water partition coefficient (Wildman–Crippen LogP) is 8.09. The molecule has 1 nitrogen and oxygen atoms in total. The smallest absolute Gasteiger partial charge is 0.137 e. The molecule has 170 valence electrons. The molecule has 9 atom stereocenters. The molecule has 0 bridgehead atoms. The highest BCUT2D eigenvalue weighted by molar-refractivity contribution is 5.83. The fourth-order valence-electron chi connectivity index (χ4n) is 9.32. The molecule has 3 saturated carbocycles. The van der Waals surface area contributed by atoms with Crippen molar-refractivity contribution < 1.29 is 4.79 Å². The highest BCUT2D eigenvalue weighted by Gasteiger charge is 2.61. The lowest BCUT2D eigenvalue weighted by Gasteiger charge is -2.59. The van der Waals surface area contributed by atoms with Crippen molar-refractivity contribution in [1.29, 1.82) is 0 Å². The monoisotopic (exact) mass is 412 g/mol. The van der Waals surface area contributed by atoms with Crippen molar-refractivity contribution in [2.45, 2.75) is 106 Å². The Hall–Kier alpha value is -0.590. The summed E-state index contributed by atoms with van der Waals surface area (Å²) in [5, 5.41) is 0. The Labute approximate surface area is 186 Å². The summed E-state index contributed by atoms with van der Waals surface area (Å²) in [4.78, 5) is 13.2. The van der Waals surface area contributed by atoms with Crippen molar-refractivity contribution in [3.63, 3.8) is 0 Å². The largest absolute Gasteiger partial charge is 0.299 e. The Morgan fingerprint density at radius 1 is 1.00 bits per heavy atom. The predicted molar refractivity (Wildman–Crippen MR) is 127 cm³/mol. The highest BCUT2D eigenvalue weighted by atomic mass is 16.1. The number of carbonyl (C=O) groups is 1. The van der Waals surface area contributed by atoms with E-state index in [4.69, 9.17) is 0 Å². The molecular weight excluding hydrogens is 364 g/mol. The average molecular weight is 413 g/mol. The van der Waals surface area contributed by atoms with Crippen LogP contribution in [-0.2, 0) is 4.79 Å². The number of hydrogen-bond donors (Lipinski definition) is 0. The van der Waals surface area contributed by atoms with Gasteiger partial charge in [-0.05, 0) is 97.2 Å². The molecular formula is C29H48O. The minimum atomic E-state index is 0.241. The van der Waals surface area contributed by atoms with Crippen molar-refractivity contribution in [3.8, 4) is 0 Å². The molecule has 0 heterocycles. The van der Waals surface area contributed by atoms with Crippen LogP contribution in [0.15, 0.2) is 12.2 Å². The van der Waals surface area contributed by atoms with Crippen LogP contribution in [0.2, 0.25) is 0 Å². The summed E-state index contributed by atoms with van der Waals surface area (Å²) in [7, 11) is 0.